The summed E-state index contributed by atoms with van der Waals surface area (Å²) in [5.41, 5.74) is 0. The van der Waals surface area contributed by atoms with Gasteiger partial charge < -0.3 is 5.32 Å². The van der Waals surface area contributed by atoms with Crippen LogP contribution in [0.1, 0.15) is 12.8 Å². The van der Waals surface area contributed by atoms with Crippen LogP contribution in [-0.2, 0) is 0 Å². The molecular weight excluding hydrogens is 327 g/mol. The average molecular weight is 342 g/mol. The van der Waals surface area contributed by atoms with E-state index in [9.17, 15) is 13.2 Å². The molecule has 0 aliphatic carbocycles. The van der Waals surface area contributed by atoms with Gasteiger partial charge in [0.05, 0.1) is 0 Å². The average Bonchev–Trinajstić information content (AvgIpc) is 2.30. The van der Waals surface area contributed by atoms with E-state index in [0.29, 0.717) is 5.75 Å². The molecular formula is C12H15BrF3NS. The Morgan fingerprint density at radius 3 is 2.56 bits per heavy atom. The number of halogens is 4. The van der Waals surface area contributed by atoms with Gasteiger partial charge in [-0.3, -0.25) is 0 Å². The summed E-state index contributed by atoms with van der Waals surface area (Å²) < 4.78 is 37.4. The van der Waals surface area contributed by atoms with E-state index in [1.54, 1.807) is 18.8 Å². The number of hydrogen-bond acceptors (Lipinski definition) is 2. The highest BCUT2D eigenvalue weighted by Crippen LogP contribution is 2.29. The summed E-state index contributed by atoms with van der Waals surface area (Å²) in [4.78, 5) is 1.05. The lowest BCUT2D eigenvalue weighted by Gasteiger charge is -2.17. The molecule has 18 heavy (non-hydrogen) atoms. The Balaban J connectivity index is 2.43. The smallest absolute Gasteiger partial charge is 0.316 e. The van der Waals surface area contributed by atoms with Crippen LogP contribution in [0.15, 0.2) is 33.6 Å². The molecule has 6 heteroatoms. The van der Waals surface area contributed by atoms with Gasteiger partial charge in [-0.15, -0.1) is 11.8 Å². The van der Waals surface area contributed by atoms with Crippen molar-refractivity contribution in [1.82, 2.24) is 5.32 Å². The van der Waals surface area contributed by atoms with Gasteiger partial charge in [0.2, 0.25) is 0 Å². The molecule has 0 radical (unpaired) electrons. The molecule has 0 aromatic heterocycles. The molecule has 0 fully saturated rings. The minimum absolute atomic E-state index is 0.109. The lowest BCUT2D eigenvalue weighted by molar-refractivity contribution is -0.136. The molecule has 0 aliphatic heterocycles. The molecule has 0 bridgehead atoms. The zero-order valence-electron chi connectivity index (χ0n) is 9.93. The topological polar surface area (TPSA) is 12.0 Å². The zero-order chi connectivity index (χ0) is 13.6. The standard InChI is InChI=1S/C12H15BrF3NS/c1-17-9(6-7-12(14,15)16)8-18-11-5-3-2-4-10(11)13/h2-5,9,17H,6-8H2,1H3. The van der Waals surface area contributed by atoms with Crippen LogP contribution in [-0.4, -0.2) is 25.0 Å². The van der Waals surface area contributed by atoms with Crippen molar-refractivity contribution in [2.24, 2.45) is 0 Å². The van der Waals surface area contributed by atoms with Crippen LogP contribution < -0.4 is 5.32 Å². The molecule has 0 saturated carbocycles. The van der Waals surface area contributed by atoms with Crippen LogP contribution in [0.2, 0.25) is 0 Å². The molecule has 102 valence electrons. The van der Waals surface area contributed by atoms with Gasteiger partial charge in [-0.25, -0.2) is 0 Å². The van der Waals surface area contributed by atoms with E-state index >= 15 is 0 Å². The SMILES string of the molecule is CNC(CCC(F)(F)F)CSc1ccccc1Br. The molecule has 0 saturated heterocycles. The molecule has 1 aromatic rings. The van der Waals surface area contributed by atoms with E-state index in [0.717, 1.165) is 9.37 Å². The number of alkyl halides is 3. The summed E-state index contributed by atoms with van der Waals surface area (Å²) in [6, 6.07) is 7.56. The van der Waals surface area contributed by atoms with E-state index in [4.69, 9.17) is 0 Å². The molecule has 1 atom stereocenters. The summed E-state index contributed by atoms with van der Waals surface area (Å²) in [7, 11) is 1.70. The Hall–Kier alpha value is -0.200. The van der Waals surface area contributed by atoms with Crippen molar-refractivity contribution in [2.75, 3.05) is 12.8 Å². The van der Waals surface area contributed by atoms with Crippen LogP contribution in [0, 0.1) is 0 Å². The lowest BCUT2D eigenvalue weighted by atomic mass is 10.2. The summed E-state index contributed by atoms with van der Waals surface area (Å²) in [5.74, 6) is 0.620. The van der Waals surface area contributed by atoms with Crippen molar-refractivity contribution in [3.05, 3.63) is 28.7 Å². The second-order valence-electron chi connectivity index (χ2n) is 3.88. The van der Waals surface area contributed by atoms with Gasteiger partial charge in [0.15, 0.2) is 0 Å². The normalized spacial score (nSPS) is 13.6. The van der Waals surface area contributed by atoms with Gasteiger partial charge in [-0.2, -0.15) is 13.2 Å². The summed E-state index contributed by atoms with van der Waals surface area (Å²) >= 11 is 4.97. The predicted octanol–water partition coefficient (Wildman–Crippen LogP) is 4.47. The quantitative estimate of drug-likeness (QED) is 0.766. The summed E-state index contributed by atoms with van der Waals surface area (Å²) in [6.07, 6.45) is -4.71. The van der Waals surface area contributed by atoms with Crippen molar-refractivity contribution in [3.8, 4) is 0 Å². The minimum atomic E-state index is -4.08. The van der Waals surface area contributed by atoms with Crippen LogP contribution in [0.4, 0.5) is 13.2 Å². The van der Waals surface area contributed by atoms with E-state index in [1.165, 1.54) is 0 Å². The predicted molar refractivity (Wildman–Crippen MR) is 73.0 cm³/mol. The Morgan fingerprint density at radius 1 is 1.33 bits per heavy atom. The van der Waals surface area contributed by atoms with Gasteiger partial charge in [0, 0.05) is 27.6 Å². The molecule has 1 unspecified atom stereocenters. The number of thioether (sulfide) groups is 1. The fourth-order valence-electron chi connectivity index (χ4n) is 1.40. The third-order valence-electron chi connectivity index (χ3n) is 2.46. The van der Waals surface area contributed by atoms with Crippen molar-refractivity contribution in [2.45, 2.75) is 30.0 Å². The maximum Gasteiger partial charge on any atom is 0.389 e. The van der Waals surface area contributed by atoms with Gasteiger partial charge in [0.25, 0.3) is 0 Å². The van der Waals surface area contributed by atoms with E-state index in [-0.39, 0.29) is 12.5 Å². The van der Waals surface area contributed by atoms with Crippen LogP contribution in [0.5, 0.6) is 0 Å². The van der Waals surface area contributed by atoms with Crippen LogP contribution in [0.25, 0.3) is 0 Å². The molecule has 1 N–H and O–H groups in total. The molecule has 1 rings (SSSR count). The highest BCUT2D eigenvalue weighted by Gasteiger charge is 2.27. The van der Waals surface area contributed by atoms with E-state index in [2.05, 4.69) is 21.2 Å². The first kappa shape index (κ1) is 15.9. The lowest BCUT2D eigenvalue weighted by Crippen LogP contribution is -2.29. The molecule has 0 aliphatic rings. The third-order valence-corrected chi connectivity index (χ3v) is 4.65. The van der Waals surface area contributed by atoms with Crippen LogP contribution in [0.3, 0.4) is 0 Å². The van der Waals surface area contributed by atoms with Crippen molar-refractivity contribution in [1.29, 1.82) is 0 Å². The second kappa shape index (κ2) is 7.40. The van der Waals surface area contributed by atoms with Gasteiger partial charge in [0.1, 0.15) is 0 Å². The van der Waals surface area contributed by atoms with Gasteiger partial charge in [-0.05, 0) is 41.5 Å². The van der Waals surface area contributed by atoms with E-state index in [1.807, 2.05) is 24.3 Å². The summed E-state index contributed by atoms with van der Waals surface area (Å²) in [6.45, 7) is 0. The van der Waals surface area contributed by atoms with Crippen LogP contribution >= 0.6 is 27.7 Å². The number of benzene rings is 1. The first-order chi connectivity index (χ1) is 8.42. The highest BCUT2D eigenvalue weighted by molar-refractivity contribution is 9.10. The first-order valence-corrected chi connectivity index (χ1v) is 7.31. The maximum atomic E-state index is 12.1. The van der Waals surface area contributed by atoms with Crippen molar-refractivity contribution in [3.63, 3.8) is 0 Å². The Kier molecular flexibility index (Phi) is 6.52. The molecule has 0 spiro atoms. The van der Waals surface area contributed by atoms with E-state index < -0.39 is 12.6 Å². The largest absolute Gasteiger partial charge is 0.389 e. The number of nitrogens with one attached hydrogen (secondary N) is 1. The first-order valence-electron chi connectivity index (χ1n) is 5.53. The molecule has 0 heterocycles. The number of rotatable bonds is 6. The van der Waals surface area contributed by atoms with Gasteiger partial charge >= 0.3 is 6.18 Å². The fraction of sp³-hybridized carbons (Fsp3) is 0.500. The third kappa shape index (κ3) is 6.11. The highest BCUT2D eigenvalue weighted by atomic mass is 79.9. The fourth-order valence-corrected chi connectivity index (χ4v) is 3.12. The maximum absolute atomic E-state index is 12.1. The minimum Gasteiger partial charge on any atom is -0.316 e. The second-order valence-corrected chi connectivity index (χ2v) is 5.80. The van der Waals surface area contributed by atoms with Gasteiger partial charge in [-0.1, -0.05) is 12.1 Å². The molecule has 1 aromatic carbocycles. The molecule has 1 nitrogen and oxygen atoms in total. The Morgan fingerprint density at radius 2 is 2.00 bits per heavy atom. The molecule has 0 amide bonds. The van der Waals surface area contributed by atoms with Crippen molar-refractivity contribution >= 4 is 27.7 Å². The van der Waals surface area contributed by atoms with Crippen molar-refractivity contribution < 1.29 is 13.2 Å². The monoisotopic (exact) mass is 341 g/mol. The Bertz CT molecular complexity index is 371. The zero-order valence-corrected chi connectivity index (χ0v) is 12.3. The number of hydrogen-bond donors (Lipinski definition) is 1. The Labute approximate surface area is 118 Å². The summed E-state index contributed by atoms with van der Waals surface area (Å²) in [5, 5.41) is 2.93.